The molecule has 1 N–H and O–H groups in total. The normalized spacial score (nSPS) is 10.4. The van der Waals surface area contributed by atoms with Crippen molar-refractivity contribution < 1.29 is 19.4 Å². The predicted octanol–water partition coefficient (Wildman–Crippen LogP) is 4.57. The standard InChI is InChI=1S/C16H23ClO4/c1-3-4-5-6-7-8-9-21-15-11-14(18)12(10-13(15)17)16(19)20-2/h10-11,18H,3-9H2,1-2H3. The molecule has 0 atom stereocenters. The Morgan fingerprint density at radius 2 is 1.86 bits per heavy atom. The Hall–Kier alpha value is -1.42. The number of unbranched alkanes of at least 4 members (excludes halogenated alkanes) is 5. The SMILES string of the molecule is CCCCCCCCOc1cc(O)c(C(=O)OC)cc1Cl. The number of hydrogen-bond acceptors (Lipinski definition) is 4. The Balaban J connectivity index is 2.45. The molecule has 0 bridgehead atoms. The maximum atomic E-state index is 11.4. The summed E-state index contributed by atoms with van der Waals surface area (Å²) < 4.78 is 10.1. The first-order valence-electron chi connectivity index (χ1n) is 7.33. The zero-order chi connectivity index (χ0) is 15.7. The molecule has 0 fully saturated rings. The summed E-state index contributed by atoms with van der Waals surface area (Å²) >= 11 is 6.04. The van der Waals surface area contributed by atoms with Crippen molar-refractivity contribution in [3.8, 4) is 11.5 Å². The molecule has 4 nitrogen and oxygen atoms in total. The smallest absolute Gasteiger partial charge is 0.341 e. The molecule has 0 aromatic heterocycles. The summed E-state index contributed by atoms with van der Waals surface area (Å²) in [7, 11) is 1.25. The number of hydrogen-bond donors (Lipinski definition) is 1. The van der Waals surface area contributed by atoms with E-state index in [1.165, 1.54) is 44.9 Å². The lowest BCUT2D eigenvalue weighted by Gasteiger charge is -2.10. The van der Waals surface area contributed by atoms with Crippen LogP contribution in [0.1, 0.15) is 55.8 Å². The van der Waals surface area contributed by atoms with Gasteiger partial charge in [0.25, 0.3) is 0 Å². The molecule has 0 spiro atoms. The van der Waals surface area contributed by atoms with E-state index in [9.17, 15) is 9.90 Å². The number of carbonyl (C=O) groups excluding carboxylic acids is 1. The fourth-order valence-corrected chi connectivity index (χ4v) is 2.21. The second kappa shape index (κ2) is 9.50. The summed E-state index contributed by atoms with van der Waals surface area (Å²) in [6.07, 6.45) is 7.03. The van der Waals surface area contributed by atoms with Gasteiger partial charge in [-0.25, -0.2) is 4.79 Å². The highest BCUT2D eigenvalue weighted by molar-refractivity contribution is 6.32. The maximum Gasteiger partial charge on any atom is 0.341 e. The van der Waals surface area contributed by atoms with Crippen LogP contribution in [0.4, 0.5) is 0 Å². The van der Waals surface area contributed by atoms with Gasteiger partial charge < -0.3 is 14.6 Å². The van der Waals surface area contributed by atoms with E-state index >= 15 is 0 Å². The van der Waals surface area contributed by atoms with Crippen LogP contribution in [0.15, 0.2) is 12.1 Å². The molecule has 0 saturated carbocycles. The van der Waals surface area contributed by atoms with Gasteiger partial charge in [-0.1, -0.05) is 50.6 Å². The van der Waals surface area contributed by atoms with Crippen LogP contribution >= 0.6 is 11.6 Å². The summed E-state index contributed by atoms with van der Waals surface area (Å²) in [5, 5.41) is 10.1. The molecule has 1 rings (SSSR count). The molecular weight excluding hydrogens is 292 g/mol. The predicted molar refractivity (Wildman–Crippen MR) is 83.3 cm³/mol. The van der Waals surface area contributed by atoms with E-state index in [1.807, 2.05) is 0 Å². The van der Waals surface area contributed by atoms with E-state index in [0.717, 1.165) is 12.8 Å². The third-order valence-corrected chi connectivity index (χ3v) is 3.51. The molecule has 0 radical (unpaired) electrons. The van der Waals surface area contributed by atoms with Crippen LogP contribution in [0.25, 0.3) is 0 Å². The van der Waals surface area contributed by atoms with Gasteiger partial charge in [0.1, 0.15) is 17.1 Å². The number of carbonyl (C=O) groups is 1. The van der Waals surface area contributed by atoms with Crippen molar-refractivity contribution in [3.63, 3.8) is 0 Å². The molecule has 0 aliphatic carbocycles. The van der Waals surface area contributed by atoms with Crippen LogP contribution in [0.3, 0.4) is 0 Å². The lowest BCUT2D eigenvalue weighted by Crippen LogP contribution is -2.03. The van der Waals surface area contributed by atoms with Gasteiger partial charge in [-0.3, -0.25) is 0 Å². The Kier molecular flexibility index (Phi) is 7.98. The van der Waals surface area contributed by atoms with E-state index < -0.39 is 5.97 Å². The highest BCUT2D eigenvalue weighted by Crippen LogP contribution is 2.32. The van der Waals surface area contributed by atoms with E-state index in [2.05, 4.69) is 11.7 Å². The van der Waals surface area contributed by atoms with Crippen LogP contribution < -0.4 is 4.74 Å². The van der Waals surface area contributed by atoms with E-state index in [1.54, 1.807) is 0 Å². The van der Waals surface area contributed by atoms with Gasteiger partial charge in [-0.2, -0.15) is 0 Å². The Morgan fingerprint density at radius 1 is 1.19 bits per heavy atom. The van der Waals surface area contributed by atoms with Crippen molar-refractivity contribution >= 4 is 17.6 Å². The van der Waals surface area contributed by atoms with Crippen LogP contribution in [-0.4, -0.2) is 24.8 Å². The number of ether oxygens (including phenoxy) is 2. The van der Waals surface area contributed by atoms with Crippen molar-refractivity contribution in [1.82, 2.24) is 0 Å². The van der Waals surface area contributed by atoms with Gasteiger partial charge in [0.15, 0.2) is 0 Å². The quantitative estimate of drug-likeness (QED) is 0.536. The highest BCUT2D eigenvalue weighted by Gasteiger charge is 2.15. The summed E-state index contributed by atoms with van der Waals surface area (Å²) in [6, 6.07) is 2.71. The van der Waals surface area contributed by atoms with Crippen molar-refractivity contribution in [1.29, 1.82) is 0 Å². The number of aromatic hydroxyl groups is 1. The molecule has 1 aromatic carbocycles. The van der Waals surface area contributed by atoms with Crippen LogP contribution in [-0.2, 0) is 4.74 Å². The summed E-state index contributed by atoms with van der Waals surface area (Å²) in [5.41, 5.74) is 0.0365. The van der Waals surface area contributed by atoms with Crippen molar-refractivity contribution in [2.24, 2.45) is 0 Å². The molecule has 0 aliphatic heterocycles. The lowest BCUT2D eigenvalue weighted by molar-refractivity contribution is 0.0597. The number of esters is 1. The minimum absolute atomic E-state index is 0.0365. The number of phenolic OH excluding ortho intramolecular Hbond substituents is 1. The van der Waals surface area contributed by atoms with Gasteiger partial charge in [0, 0.05) is 6.07 Å². The molecular formula is C16H23ClO4. The Bertz CT molecular complexity index is 460. The van der Waals surface area contributed by atoms with Crippen LogP contribution in [0, 0.1) is 0 Å². The average Bonchev–Trinajstić information content (AvgIpc) is 2.48. The van der Waals surface area contributed by atoms with Gasteiger partial charge in [-0.15, -0.1) is 0 Å². The zero-order valence-corrected chi connectivity index (χ0v) is 13.4. The second-order valence-electron chi connectivity index (χ2n) is 4.91. The number of phenols is 1. The molecule has 0 unspecified atom stereocenters. The summed E-state index contributed by atoms with van der Waals surface area (Å²) in [5.74, 6) is -0.434. The zero-order valence-electron chi connectivity index (χ0n) is 12.7. The largest absolute Gasteiger partial charge is 0.507 e. The van der Waals surface area contributed by atoms with Gasteiger partial charge in [-0.05, 0) is 12.5 Å². The Morgan fingerprint density at radius 3 is 2.52 bits per heavy atom. The molecule has 118 valence electrons. The van der Waals surface area contributed by atoms with Gasteiger partial charge >= 0.3 is 5.97 Å². The molecule has 0 aliphatic rings. The number of benzene rings is 1. The van der Waals surface area contributed by atoms with Gasteiger partial charge in [0.05, 0.1) is 18.7 Å². The third-order valence-electron chi connectivity index (χ3n) is 3.21. The van der Waals surface area contributed by atoms with Crippen molar-refractivity contribution in [3.05, 3.63) is 22.7 Å². The maximum absolute atomic E-state index is 11.4. The molecule has 21 heavy (non-hydrogen) atoms. The molecule has 0 amide bonds. The number of halogens is 1. The lowest BCUT2D eigenvalue weighted by atomic mass is 10.1. The first-order chi connectivity index (χ1) is 10.1. The number of methoxy groups -OCH3 is 1. The summed E-state index contributed by atoms with van der Waals surface area (Å²) in [6.45, 7) is 2.73. The van der Waals surface area contributed by atoms with E-state index in [-0.39, 0.29) is 11.3 Å². The van der Waals surface area contributed by atoms with Gasteiger partial charge in [0.2, 0.25) is 0 Å². The second-order valence-corrected chi connectivity index (χ2v) is 5.31. The topological polar surface area (TPSA) is 55.8 Å². The Labute approximate surface area is 131 Å². The highest BCUT2D eigenvalue weighted by atomic mass is 35.5. The minimum Gasteiger partial charge on any atom is -0.507 e. The molecule has 0 heterocycles. The number of rotatable bonds is 9. The minimum atomic E-state index is -0.628. The fourth-order valence-electron chi connectivity index (χ4n) is 1.99. The van der Waals surface area contributed by atoms with Crippen LogP contribution in [0.2, 0.25) is 5.02 Å². The first kappa shape index (κ1) is 17.6. The first-order valence-corrected chi connectivity index (χ1v) is 7.71. The van der Waals surface area contributed by atoms with E-state index in [4.69, 9.17) is 16.3 Å². The van der Waals surface area contributed by atoms with E-state index in [0.29, 0.717) is 17.4 Å². The van der Waals surface area contributed by atoms with Crippen molar-refractivity contribution in [2.45, 2.75) is 45.4 Å². The average molecular weight is 315 g/mol. The van der Waals surface area contributed by atoms with Crippen LogP contribution in [0.5, 0.6) is 11.5 Å². The monoisotopic (exact) mass is 314 g/mol. The molecule has 1 aromatic rings. The van der Waals surface area contributed by atoms with Crippen molar-refractivity contribution in [2.75, 3.05) is 13.7 Å². The molecule has 0 saturated heterocycles. The third kappa shape index (κ3) is 5.84. The fraction of sp³-hybridized carbons (Fsp3) is 0.562. The molecule has 5 heteroatoms. The summed E-state index contributed by atoms with van der Waals surface area (Å²) in [4.78, 5) is 11.4.